The molecule has 132 valence electrons. The number of benzene rings is 2. The van der Waals surface area contributed by atoms with Gasteiger partial charge in [0.1, 0.15) is 0 Å². The highest BCUT2D eigenvalue weighted by Gasteiger charge is 2.33. The van der Waals surface area contributed by atoms with Crippen molar-refractivity contribution in [1.29, 1.82) is 0 Å². The van der Waals surface area contributed by atoms with Crippen LogP contribution in [0.2, 0.25) is 5.02 Å². The average molecular weight is 369 g/mol. The molecule has 0 unspecified atom stereocenters. The predicted octanol–water partition coefficient (Wildman–Crippen LogP) is 5.26. The van der Waals surface area contributed by atoms with Crippen molar-refractivity contribution in [3.8, 4) is 0 Å². The Morgan fingerprint density at radius 3 is 2.60 bits per heavy atom. The molecule has 2 amide bonds. The van der Waals surface area contributed by atoms with E-state index in [2.05, 4.69) is 11.4 Å². The smallest absolute Gasteiger partial charge is 0.320 e. The van der Waals surface area contributed by atoms with Crippen molar-refractivity contribution in [1.82, 2.24) is 4.90 Å². The van der Waals surface area contributed by atoms with E-state index in [0.29, 0.717) is 13.1 Å². The molecule has 7 heteroatoms. The number of aryl methyl sites for hydroxylation is 1. The third-order valence-corrected chi connectivity index (χ3v) is 4.50. The van der Waals surface area contributed by atoms with E-state index in [1.54, 1.807) is 4.90 Å². The lowest BCUT2D eigenvalue weighted by Crippen LogP contribution is -2.38. The van der Waals surface area contributed by atoms with Crippen molar-refractivity contribution in [2.75, 3.05) is 11.9 Å². The van der Waals surface area contributed by atoms with Gasteiger partial charge in [0.05, 0.1) is 10.6 Å². The summed E-state index contributed by atoms with van der Waals surface area (Å²) < 4.78 is 38.2. The van der Waals surface area contributed by atoms with Crippen LogP contribution in [0.5, 0.6) is 0 Å². The topological polar surface area (TPSA) is 32.3 Å². The summed E-state index contributed by atoms with van der Waals surface area (Å²) in [6, 6.07) is 8.98. The van der Waals surface area contributed by atoms with E-state index in [1.165, 1.54) is 11.6 Å². The van der Waals surface area contributed by atoms with Crippen molar-refractivity contribution >= 4 is 23.3 Å². The Hall–Kier alpha value is -2.21. The maximum absolute atomic E-state index is 12.7. The van der Waals surface area contributed by atoms with Crippen LogP contribution < -0.4 is 5.32 Å². The van der Waals surface area contributed by atoms with Crippen LogP contribution in [0.1, 0.15) is 22.3 Å². The molecule has 0 aliphatic carbocycles. The highest BCUT2D eigenvalue weighted by molar-refractivity contribution is 6.31. The molecular weight excluding hydrogens is 353 g/mol. The number of nitrogens with zero attached hydrogens (tertiary/aromatic N) is 1. The first-order valence-electron chi connectivity index (χ1n) is 7.75. The number of fused-ring (bicyclic) bond motifs is 1. The summed E-state index contributed by atoms with van der Waals surface area (Å²) in [5, 5.41) is 2.17. The van der Waals surface area contributed by atoms with Crippen molar-refractivity contribution in [2.45, 2.75) is 26.1 Å². The monoisotopic (exact) mass is 368 g/mol. The second kappa shape index (κ2) is 6.59. The van der Waals surface area contributed by atoms with Crippen molar-refractivity contribution in [3.63, 3.8) is 0 Å². The summed E-state index contributed by atoms with van der Waals surface area (Å²) in [5.41, 5.74) is 2.74. The maximum Gasteiger partial charge on any atom is 0.417 e. The van der Waals surface area contributed by atoms with Crippen LogP contribution in [0.15, 0.2) is 36.4 Å². The van der Waals surface area contributed by atoms with Gasteiger partial charge in [-0.3, -0.25) is 0 Å². The maximum atomic E-state index is 12.7. The van der Waals surface area contributed by atoms with Gasteiger partial charge in [-0.05, 0) is 42.7 Å². The molecule has 0 bridgehead atoms. The Bertz CT molecular complexity index is 820. The fourth-order valence-electron chi connectivity index (χ4n) is 2.88. The van der Waals surface area contributed by atoms with Crippen molar-refractivity contribution in [2.24, 2.45) is 0 Å². The molecular formula is C18H16ClF3N2O. The van der Waals surface area contributed by atoms with E-state index in [4.69, 9.17) is 11.6 Å². The molecule has 0 spiro atoms. The molecule has 0 atom stereocenters. The van der Waals surface area contributed by atoms with Crippen molar-refractivity contribution < 1.29 is 18.0 Å². The molecule has 0 aromatic heterocycles. The number of rotatable bonds is 1. The van der Waals surface area contributed by atoms with E-state index < -0.39 is 16.8 Å². The SMILES string of the molecule is Cc1ccc2c(c1)CN(C(=O)Nc1ccc(C(F)(F)F)c(Cl)c1)CC2. The Labute approximate surface area is 148 Å². The number of amides is 2. The highest BCUT2D eigenvalue weighted by Crippen LogP contribution is 2.36. The molecule has 2 aromatic carbocycles. The quantitative estimate of drug-likeness (QED) is 0.731. The third-order valence-electron chi connectivity index (χ3n) is 4.19. The molecule has 1 aliphatic rings. The largest absolute Gasteiger partial charge is 0.417 e. The van der Waals surface area contributed by atoms with Crippen LogP contribution in [0.25, 0.3) is 0 Å². The minimum atomic E-state index is -4.52. The van der Waals surface area contributed by atoms with Gasteiger partial charge >= 0.3 is 12.2 Å². The first-order chi connectivity index (χ1) is 11.7. The van der Waals surface area contributed by atoms with Crippen LogP contribution in [0.3, 0.4) is 0 Å². The molecule has 25 heavy (non-hydrogen) atoms. The second-order valence-corrected chi connectivity index (χ2v) is 6.47. The van der Waals surface area contributed by atoms with Crippen LogP contribution in [0, 0.1) is 6.92 Å². The summed E-state index contributed by atoms with van der Waals surface area (Å²) in [6.07, 6.45) is -3.77. The number of carbonyl (C=O) groups is 1. The summed E-state index contributed by atoms with van der Waals surface area (Å²) in [6.45, 7) is 3.01. The second-order valence-electron chi connectivity index (χ2n) is 6.07. The van der Waals surface area contributed by atoms with Gasteiger partial charge in [-0.2, -0.15) is 13.2 Å². The molecule has 0 fully saturated rings. The Kier molecular flexibility index (Phi) is 4.64. The number of anilines is 1. The predicted molar refractivity (Wildman–Crippen MR) is 90.8 cm³/mol. The first-order valence-corrected chi connectivity index (χ1v) is 8.13. The summed E-state index contributed by atoms with van der Waals surface area (Å²) in [5.74, 6) is 0. The number of urea groups is 1. The third kappa shape index (κ3) is 3.90. The van der Waals surface area contributed by atoms with Gasteiger partial charge in [0.15, 0.2) is 0 Å². The van der Waals surface area contributed by atoms with E-state index in [0.717, 1.165) is 29.7 Å². The van der Waals surface area contributed by atoms with Gasteiger partial charge < -0.3 is 10.2 Å². The Morgan fingerprint density at radius 1 is 1.16 bits per heavy atom. The summed E-state index contributed by atoms with van der Waals surface area (Å²) in [4.78, 5) is 14.0. The highest BCUT2D eigenvalue weighted by atomic mass is 35.5. The standard InChI is InChI=1S/C18H16ClF3N2O/c1-11-2-3-12-6-7-24(10-13(12)8-11)17(25)23-14-4-5-15(16(19)9-14)18(20,21)22/h2-5,8-9H,6-7,10H2,1H3,(H,23,25). The van der Waals surface area contributed by atoms with Crippen LogP contribution in [0.4, 0.5) is 23.7 Å². The summed E-state index contributed by atoms with van der Waals surface area (Å²) >= 11 is 5.68. The number of alkyl halides is 3. The molecule has 3 nitrogen and oxygen atoms in total. The van der Waals surface area contributed by atoms with Gasteiger partial charge in [-0.1, -0.05) is 35.4 Å². The zero-order valence-corrected chi connectivity index (χ0v) is 14.2. The Balaban J connectivity index is 1.72. The lowest BCUT2D eigenvalue weighted by molar-refractivity contribution is -0.137. The van der Waals surface area contributed by atoms with Gasteiger partial charge in [0.2, 0.25) is 0 Å². The van der Waals surface area contributed by atoms with E-state index in [-0.39, 0.29) is 11.7 Å². The average Bonchev–Trinajstić information content (AvgIpc) is 2.52. The number of nitrogens with one attached hydrogen (secondary N) is 1. The van der Waals surface area contributed by atoms with E-state index in [1.807, 2.05) is 19.1 Å². The van der Waals surface area contributed by atoms with Crippen LogP contribution in [-0.4, -0.2) is 17.5 Å². The molecule has 1 heterocycles. The van der Waals surface area contributed by atoms with Gasteiger partial charge in [0.25, 0.3) is 0 Å². The number of carbonyl (C=O) groups excluding carboxylic acids is 1. The van der Waals surface area contributed by atoms with Gasteiger partial charge in [-0.15, -0.1) is 0 Å². The van der Waals surface area contributed by atoms with E-state index in [9.17, 15) is 18.0 Å². The molecule has 2 aromatic rings. The van der Waals surface area contributed by atoms with Crippen LogP contribution >= 0.6 is 11.6 Å². The summed E-state index contributed by atoms with van der Waals surface area (Å²) in [7, 11) is 0. The van der Waals surface area contributed by atoms with Crippen LogP contribution in [-0.2, 0) is 19.1 Å². The number of hydrogen-bond donors (Lipinski definition) is 1. The number of halogens is 4. The first kappa shape index (κ1) is 17.6. The number of hydrogen-bond acceptors (Lipinski definition) is 1. The fraction of sp³-hybridized carbons (Fsp3) is 0.278. The minimum absolute atomic E-state index is 0.234. The minimum Gasteiger partial charge on any atom is -0.320 e. The molecule has 0 radical (unpaired) electrons. The lowest BCUT2D eigenvalue weighted by Gasteiger charge is -2.29. The molecule has 1 aliphatic heterocycles. The zero-order chi connectivity index (χ0) is 18.2. The molecule has 1 N–H and O–H groups in total. The van der Waals surface area contributed by atoms with Gasteiger partial charge in [0, 0.05) is 18.8 Å². The zero-order valence-electron chi connectivity index (χ0n) is 13.5. The van der Waals surface area contributed by atoms with Gasteiger partial charge in [-0.25, -0.2) is 4.79 Å². The molecule has 0 saturated heterocycles. The Morgan fingerprint density at radius 2 is 1.92 bits per heavy atom. The molecule has 3 rings (SSSR count). The lowest BCUT2D eigenvalue weighted by atomic mass is 9.98. The van der Waals surface area contributed by atoms with Crippen molar-refractivity contribution in [3.05, 3.63) is 63.7 Å². The van der Waals surface area contributed by atoms with E-state index >= 15 is 0 Å². The molecule has 0 saturated carbocycles. The fourth-order valence-corrected chi connectivity index (χ4v) is 3.17. The normalized spacial score (nSPS) is 14.2.